The number of halogens is 1. The Labute approximate surface area is 195 Å². The van der Waals surface area contributed by atoms with Crippen molar-refractivity contribution in [1.82, 2.24) is 20.2 Å². The summed E-state index contributed by atoms with van der Waals surface area (Å²) in [5.74, 6) is -0.293. The second kappa shape index (κ2) is 9.26. The highest BCUT2D eigenvalue weighted by molar-refractivity contribution is 5.56. The van der Waals surface area contributed by atoms with Gasteiger partial charge in [-0.15, -0.1) is 5.10 Å². The van der Waals surface area contributed by atoms with Gasteiger partial charge in [0.2, 0.25) is 0 Å². The van der Waals surface area contributed by atoms with Crippen LogP contribution >= 0.6 is 0 Å². The molecule has 0 fully saturated rings. The number of tetrazole rings is 1. The number of benzene rings is 3. The fourth-order valence-electron chi connectivity index (χ4n) is 3.79. The van der Waals surface area contributed by atoms with E-state index in [4.69, 9.17) is 0 Å². The van der Waals surface area contributed by atoms with Crippen molar-refractivity contribution in [2.75, 3.05) is 5.32 Å². The number of phenolic OH excluding ortho intramolecular Hbond substituents is 1. The third kappa shape index (κ3) is 4.42. The lowest BCUT2D eigenvalue weighted by Crippen LogP contribution is -2.19. The van der Waals surface area contributed by atoms with E-state index in [1.807, 2.05) is 45.0 Å². The minimum atomic E-state index is -0.924. The van der Waals surface area contributed by atoms with Crippen LogP contribution in [0.15, 0.2) is 60.7 Å². The third-order valence-electron chi connectivity index (χ3n) is 5.50. The van der Waals surface area contributed by atoms with Crippen LogP contribution in [-0.4, -0.2) is 30.2 Å². The molecule has 4 aromatic rings. The topological polar surface area (TPSA) is 119 Å². The van der Waals surface area contributed by atoms with E-state index in [0.717, 1.165) is 35.0 Å². The van der Waals surface area contributed by atoms with Crippen molar-refractivity contribution in [2.24, 2.45) is 0 Å². The van der Waals surface area contributed by atoms with E-state index >= 15 is 0 Å². The molecule has 0 aliphatic rings. The molecule has 34 heavy (non-hydrogen) atoms. The van der Waals surface area contributed by atoms with Crippen molar-refractivity contribution in [3.05, 3.63) is 99.1 Å². The van der Waals surface area contributed by atoms with Gasteiger partial charge in [0.05, 0.1) is 16.3 Å². The lowest BCUT2D eigenvalue weighted by atomic mass is 10.00. The summed E-state index contributed by atoms with van der Waals surface area (Å²) in [5.41, 5.74) is 2.53. The van der Waals surface area contributed by atoms with Gasteiger partial charge in [-0.25, -0.2) is 4.39 Å². The first kappa shape index (κ1) is 22.8. The predicted octanol–water partition coefficient (Wildman–Crippen LogP) is 5.05. The number of nitrogens with zero attached hydrogens (tertiary/aromatic N) is 5. The van der Waals surface area contributed by atoms with Crippen LogP contribution in [0.3, 0.4) is 0 Å². The zero-order valence-electron chi connectivity index (χ0n) is 18.8. The number of hydrogen-bond donors (Lipinski definition) is 2. The molecule has 4 rings (SSSR count). The normalized spacial score (nSPS) is 12.0. The zero-order valence-corrected chi connectivity index (χ0v) is 18.8. The Balaban J connectivity index is 1.90. The quantitative estimate of drug-likeness (QED) is 0.291. The molecule has 0 aliphatic carbocycles. The molecule has 2 N–H and O–H groups in total. The molecule has 174 valence electrons. The van der Waals surface area contributed by atoms with E-state index < -0.39 is 16.8 Å². The van der Waals surface area contributed by atoms with Gasteiger partial charge in [-0.3, -0.25) is 10.1 Å². The average Bonchev–Trinajstić information content (AvgIpc) is 3.28. The molecule has 1 heterocycles. The standard InChI is InChI=1S/C24H23FN6O3/c1-14(2)17-6-4-5-7-21(17)30-24(27-28-29-30)23(18-10-8-15(3)12-22(18)32)26-20-13-16(31(33)34)9-11-19(20)25/h4-14,23,26,32H,1-3H3. The maximum Gasteiger partial charge on any atom is 0.271 e. The first-order valence-corrected chi connectivity index (χ1v) is 10.6. The Hall–Kier alpha value is -4.34. The van der Waals surface area contributed by atoms with E-state index in [1.165, 1.54) is 4.68 Å². The Kier molecular flexibility index (Phi) is 6.22. The number of aryl methyl sites for hydroxylation is 1. The summed E-state index contributed by atoms with van der Waals surface area (Å²) in [7, 11) is 0. The van der Waals surface area contributed by atoms with E-state index in [0.29, 0.717) is 5.56 Å². The van der Waals surface area contributed by atoms with Crippen molar-refractivity contribution in [3.63, 3.8) is 0 Å². The summed E-state index contributed by atoms with van der Waals surface area (Å²) < 4.78 is 16.2. The van der Waals surface area contributed by atoms with Gasteiger partial charge in [-0.2, -0.15) is 4.68 Å². The minimum Gasteiger partial charge on any atom is -0.508 e. The molecular formula is C24H23FN6O3. The first-order valence-electron chi connectivity index (χ1n) is 10.6. The van der Waals surface area contributed by atoms with E-state index in [1.54, 1.807) is 18.2 Å². The smallest absolute Gasteiger partial charge is 0.271 e. The highest BCUT2D eigenvalue weighted by Gasteiger charge is 2.27. The number of nitro benzene ring substituents is 1. The van der Waals surface area contributed by atoms with Crippen LogP contribution in [0.1, 0.15) is 48.3 Å². The van der Waals surface area contributed by atoms with E-state index in [2.05, 4.69) is 20.8 Å². The van der Waals surface area contributed by atoms with Gasteiger partial charge >= 0.3 is 0 Å². The van der Waals surface area contributed by atoms with Crippen LogP contribution in [0.2, 0.25) is 0 Å². The number of aromatic nitrogens is 4. The molecule has 0 amide bonds. The summed E-state index contributed by atoms with van der Waals surface area (Å²) in [6, 6.07) is 15.0. The molecule has 0 saturated heterocycles. The van der Waals surface area contributed by atoms with Gasteiger partial charge in [0.1, 0.15) is 17.6 Å². The summed E-state index contributed by atoms with van der Waals surface area (Å²) >= 11 is 0. The van der Waals surface area contributed by atoms with Gasteiger partial charge in [0.15, 0.2) is 5.82 Å². The van der Waals surface area contributed by atoms with Crippen molar-refractivity contribution in [1.29, 1.82) is 0 Å². The number of rotatable bonds is 7. The molecule has 3 aromatic carbocycles. The largest absolute Gasteiger partial charge is 0.508 e. The van der Waals surface area contributed by atoms with Crippen molar-refractivity contribution >= 4 is 11.4 Å². The van der Waals surface area contributed by atoms with Crippen LogP contribution in [0, 0.1) is 22.9 Å². The highest BCUT2D eigenvalue weighted by atomic mass is 19.1. The van der Waals surface area contributed by atoms with Gasteiger partial charge < -0.3 is 10.4 Å². The molecule has 1 unspecified atom stereocenters. The van der Waals surface area contributed by atoms with Crippen molar-refractivity contribution in [3.8, 4) is 11.4 Å². The SMILES string of the molecule is Cc1ccc(C(Nc2cc([N+](=O)[O-])ccc2F)c2nnnn2-c2ccccc2C(C)C)c(O)c1. The molecule has 9 nitrogen and oxygen atoms in total. The molecule has 0 aliphatic heterocycles. The second-order valence-electron chi connectivity index (χ2n) is 8.22. The van der Waals surface area contributed by atoms with Crippen LogP contribution in [-0.2, 0) is 0 Å². The summed E-state index contributed by atoms with van der Waals surface area (Å²) in [4.78, 5) is 10.7. The minimum absolute atomic E-state index is 0.0463. The second-order valence-corrected chi connectivity index (χ2v) is 8.22. The maximum atomic E-state index is 14.7. The number of hydrogen-bond acceptors (Lipinski definition) is 7. The highest BCUT2D eigenvalue weighted by Crippen LogP contribution is 2.35. The number of nitro groups is 1. The monoisotopic (exact) mass is 462 g/mol. The number of phenols is 1. The Bertz CT molecular complexity index is 1350. The Morgan fingerprint density at radius 3 is 2.56 bits per heavy atom. The van der Waals surface area contributed by atoms with Crippen molar-refractivity contribution < 1.29 is 14.4 Å². The molecular weight excluding hydrogens is 439 g/mol. The number of para-hydroxylation sites is 1. The molecule has 0 bridgehead atoms. The van der Waals surface area contributed by atoms with Gasteiger partial charge in [-0.1, -0.05) is 44.2 Å². The Morgan fingerprint density at radius 2 is 1.85 bits per heavy atom. The molecule has 10 heteroatoms. The molecule has 0 saturated carbocycles. The molecule has 0 radical (unpaired) electrons. The van der Waals surface area contributed by atoms with Crippen LogP contribution < -0.4 is 5.32 Å². The lowest BCUT2D eigenvalue weighted by molar-refractivity contribution is -0.384. The number of nitrogens with one attached hydrogen (secondary N) is 1. The van der Waals surface area contributed by atoms with Crippen LogP contribution in [0.4, 0.5) is 15.8 Å². The molecule has 0 spiro atoms. The van der Waals surface area contributed by atoms with Crippen LogP contribution in [0.25, 0.3) is 5.69 Å². The summed E-state index contributed by atoms with van der Waals surface area (Å²) in [6.45, 7) is 5.92. The van der Waals surface area contributed by atoms with E-state index in [9.17, 15) is 19.6 Å². The van der Waals surface area contributed by atoms with E-state index in [-0.39, 0.29) is 28.9 Å². The zero-order chi connectivity index (χ0) is 24.4. The average molecular weight is 462 g/mol. The van der Waals surface area contributed by atoms with Gasteiger partial charge in [0.25, 0.3) is 5.69 Å². The van der Waals surface area contributed by atoms with Crippen LogP contribution in [0.5, 0.6) is 5.75 Å². The molecule has 1 aromatic heterocycles. The van der Waals surface area contributed by atoms with Gasteiger partial charge in [-0.05, 0) is 52.6 Å². The summed E-state index contributed by atoms with van der Waals surface area (Å²) in [6.07, 6.45) is 0. The number of anilines is 1. The third-order valence-corrected chi connectivity index (χ3v) is 5.50. The fourth-order valence-corrected chi connectivity index (χ4v) is 3.79. The first-order chi connectivity index (χ1) is 16.3. The maximum absolute atomic E-state index is 14.7. The fraction of sp³-hybridized carbons (Fsp3) is 0.208. The van der Waals surface area contributed by atoms with Crippen molar-refractivity contribution in [2.45, 2.75) is 32.7 Å². The molecule has 1 atom stereocenters. The number of non-ortho nitro benzene ring substituents is 1. The number of aromatic hydroxyl groups is 1. The Morgan fingerprint density at radius 1 is 1.09 bits per heavy atom. The lowest BCUT2D eigenvalue weighted by Gasteiger charge is -2.22. The van der Waals surface area contributed by atoms with Gasteiger partial charge in [0, 0.05) is 17.7 Å². The predicted molar refractivity (Wildman–Crippen MR) is 125 cm³/mol. The summed E-state index contributed by atoms with van der Waals surface area (Å²) in [5, 5.41) is 37.2.